The molecule has 6 atom stereocenters. The number of carbonyl (C=O) groups excluding carboxylic acids is 4. The molecule has 51 heavy (non-hydrogen) atoms. The Morgan fingerprint density at radius 1 is 0.804 bits per heavy atom. The fourth-order valence-corrected chi connectivity index (χ4v) is 9.12. The quantitative estimate of drug-likeness (QED) is 0.162. The molecule has 4 aromatic carbocycles. The van der Waals surface area contributed by atoms with E-state index in [9.17, 15) is 24.3 Å². The van der Waals surface area contributed by atoms with Gasteiger partial charge < -0.3 is 14.3 Å². The lowest BCUT2D eigenvalue weighted by Gasteiger charge is -2.49. The summed E-state index contributed by atoms with van der Waals surface area (Å²) in [5.74, 6) is -4.30. The van der Waals surface area contributed by atoms with Crippen LogP contribution in [0.4, 0.5) is 11.4 Å². The standard InChI is InChI=1S/C41H33N3O7/c1-41-29(38(47)44(40(41)49)23-9-4-3-5-10-23)21-28-25(34(41)27-11-8-14-32(50-2)35(27)45)19-20-26-33(28)39(48)43(37(26)46)24-17-15-22(16-18-24)36-42-30-12-6-7-13-31(30)51-36/h3-19,26,28-29,33-34,45H,20-21H2,1-2H3. The lowest BCUT2D eigenvalue weighted by atomic mass is 9.51. The maximum atomic E-state index is 14.6. The number of anilines is 2. The lowest BCUT2D eigenvalue weighted by Crippen LogP contribution is -2.48. The summed E-state index contributed by atoms with van der Waals surface area (Å²) in [6, 6.07) is 28.4. The van der Waals surface area contributed by atoms with Gasteiger partial charge in [0, 0.05) is 17.0 Å². The van der Waals surface area contributed by atoms with E-state index in [4.69, 9.17) is 9.15 Å². The number of phenols is 1. The molecule has 0 bridgehead atoms. The number of methoxy groups -OCH3 is 1. The first-order valence-corrected chi connectivity index (χ1v) is 17.1. The van der Waals surface area contributed by atoms with Crippen molar-refractivity contribution in [2.75, 3.05) is 16.9 Å². The molecule has 0 radical (unpaired) electrons. The molecule has 10 heteroatoms. The Kier molecular flexibility index (Phi) is 6.83. The van der Waals surface area contributed by atoms with Crippen molar-refractivity contribution in [2.24, 2.45) is 29.1 Å². The molecule has 4 aliphatic rings. The highest BCUT2D eigenvalue weighted by atomic mass is 16.5. The molecule has 0 spiro atoms. The van der Waals surface area contributed by atoms with Gasteiger partial charge in [0.05, 0.1) is 41.7 Å². The van der Waals surface area contributed by atoms with Crippen LogP contribution in [0.3, 0.4) is 0 Å². The SMILES string of the molecule is COc1cccc(C2C3=CCC4C(=O)N(c5ccc(-c6nc7ccccc7o6)cc5)C(=O)C4C3CC3C(=O)N(c4ccccc4)C(=O)C32C)c1O. The Labute approximate surface area is 292 Å². The third-order valence-corrected chi connectivity index (χ3v) is 11.5. The Balaban J connectivity index is 1.11. The predicted molar refractivity (Wildman–Crippen MR) is 188 cm³/mol. The third kappa shape index (κ3) is 4.32. The molecular weight excluding hydrogens is 646 g/mol. The molecular formula is C41H33N3O7. The smallest absolute Gasteiger partial charge is 0.241 e. The highest BCUT2D eigenvalue weighted by molar-refractivity contribution is 6.25. The van der Waals surface area contributed by atoms with Gasteiger partial charge in [-0.05, 0) is 80.3 Å². The van der Waals surface area contributed by atoms with E-state index in [2.05, 4.69) is 4.98 Å². The zero-order valence-corrected chi connectivity index (χ0v) is 27.9. The topological polar surface area (TPSA) is 130 Å². The number of allylic oxidation sites excluding steroid dienone is 2. The highest BCUT2D eigenvalue weighted by Crippen LogP contribution is 2.65. The first-order chi connectivity index (χ1) is 24.7. The Hall–Kier alpha value is -6.03. The molecule has 10 nitrogen and oxygen atoms in total. The van der Waals surface area contributed by atoms with Crippen molar-refractivity contribution >= 4 is 46.1 Å². The minimum absolute atomic E-state index is 0.124. The number of oxazole rings is 1. The summed E-state index contributed by atoms with van der Waals surface area (Å²) >= 11 is 0. The van der Waals surface area contributed by atoms with Gasteiger partial charge in [0.15, 0.2) is 17.1 Å². The predicted octanol–water partition coefficient (Wildman–Crippen LogP) is 6.64. The van der Waals surface area contributed by atoms with Crippen molar-refractivity contribution in [3.8, 4) is 23.0 Å². The van der Waals surface area contributed by atoms with Gasteiger partial charge in [0.2, 0.25) is 29.5 Å². The van der Waals surface area contributed by atoms with E-state index in [1.54, 1.807) is 73.7 Å². The summed E-state index contributed by atoms with van der Waals surface area (Å²) < 4.78 is 11.4. The Bertz CT molecular complexity index is 2280. The summed E-state index contributed by atoms with van der Waals surface area (Å²) in [5, 5.41) is 11.5. The van der Waals surface area contributed by atoms with Crippen LogP contribution in [-0.4, -0.2) is 40.8 Å². The number of fused-ring (bicyclic) bond motifs is 5. The maximum absolute atomic E-state index is 14.6. The van der Waals surface area contributed by atoms with Crippen LogP contribution in [0.5, 0.6) is 11.5 Å². The summed E-state index contributed by atoms with van der Waals surface area (Å²) in [6.07, 6.45) is 2.46. The Morgan fingerprint density at radius 3 is 2.27 bits per heavy atom. The van der Waals surface area contributed by atoms with Gasteiger partial charge in [-0.1, -0.05) is 54.1 Å². The summed E-state index contributed by atoms with van der Waals surface area (Å²) in [6.45, 7) is 1.79. The van der Waals surface area contributed by atoms with Crippen molar-refractivity contribution < 1.29 is 33.4 Å². The fraction of sp³-hybridized carbons (Fsp3) is 0.244. The van der Waals surface area contributed by atoms with E-state index >= 15 is 0 Å². The number of ether oxygens (including phenoxy) is 1. The second kappa shape index (κ2) is 11.2. The number of hydrogen-bond acceptors (Lipinski definition) is 8. The molecule has 2 aliphatic heterocycles. The van der Waals surface area contributed by atoms with Crippen LogP contribution >= 0.6 is 0 Å². The third-order valence-electron chi connectivity index (χ3n) is 11.5. The minimum atomic E-state index is -1.28. The van der Waals surface area contributed by atoms with Crippen LogP contribution in [0.25, 0.3) is 22.6 Å². The average Bonchev–Trinajstić information content (AvgIpc) is 3.76. The van der Waals surface area contributed by atoms with Gasteiger partial charge in [-0.3, -0.25) is 24.1 Å². The summed E-state index contributed by atoms with van der Waals surface area (Å²) in [5.41, 5.74) is 2.93. The fourth-order valence-electron chi connectivity index (χ4n) is 9.12. The van der Waals surface area contributed by atoms with E-state index in [-0.39, 0.29) is 48.0 Å². The van der Waals surface area contributed by atoms with Crippen molar-refractivity contribution in [2.45, 2.75) is 25.7 Å². The number of phenolic OH excluding ortho intramolecular Hbond substituents is 1. The molecule has 254 valence electrons. The van der Waals surface area contributed by atoms with Gasteiger partial charge in [0.25, 0.3) is 0 Å². The van der Waals surface area contributed by atoms with Crippen LogP contribution in [0.2, 0.25) is 0 Å². The number of aromatic nitrogens is 1. The number of aromatic hydroxyl groups is 1. The number of hydrogen-bond donors (Lipinski definition) is 1. The molecule has 5 aromatic rings. The van der Waals surface area contributed by atoms with E-state index in [0.717, 1.165) is 11.1 Å². The normalized spacial score (nSPS) is 27.0. The monoisotopic (exact) mass is 679 g/mol. The van der Waals surface area contributed by atoms with Gasteiger partial charge in [-0.15, -0.1) is 0 Å². The molecule has 6 unspecified atom stereocenters. The number of rotatable bonds is 5. The molecule has 3 heterocycles. The number of amides is 4. The van der Waals surface area contributed by atoms with Gasteiger partial charge in [0.1, 0.15) is 5.52 Å². The van der Waals surface area contributed by atoms with Crippen molar-refractivity contribution in [3.63, 3.8) is 0 Å². The van der Waals surface area contributed by atoms with Gasteiger partial charge >= 0.3 is 0 Å². The second-order valence-electron chi connectivity index (χ2n) is 13.9. The van der Waals surface area contributed by atoms with Crippen LogP contribution < -0.4 is 14.5 Å². The zero-order chi connectivity index (χ0) is 35.2. The molecule has 2 saturated heterocycles. The maximum Gasteiger partial charge on any atom is 0.241 e. The minimum Gasteiger partial charge on any atom is -0.504 e. The largest absolute Gasteiger partial charge is 0.504 e. The number of para-hydroxylation sites is 4. The number of imide groups is 2. The first kappa shape index (κ1) is 31.0. The van der Waals surface area contributed by atoms with Crippen molar-refractivity contribution in [3.05, 3.63) is 114 Å². The molecule has 1 aromatic heterocycles. The summed E-state index contributed by atoms with van der Waals surface area (Å²) in [4.78, 5) is 64.6. The first-order valence-electron chi connectivity index (χ1n) is 17.1. The van der Waals surface area contributed by atoms with Crippen LogP contribution in [-0.2, 0) is 19.2 Å². The van der Waals surface area contributed by atoms with Crippen LogP contribution in [0.1, 0.15) is 31.2 Å². The molecule has 1 saturated carbocycles. The molecule has 3 fully saturated rings. The number of benzene rings is 4. The molecule has 2 aliphatic carbocycles. The highest BCUT2D eigenvalue weighted by Gasteiger charge is 2.68. The zero-order valence-electron chi connectivity index (χ0n) is 27.9. The average molecular weight is 680 g/mol. The van der Waals surface area contributed by atoms with Gasteiger partial charge in [-0.25, -0.2) is 9.88 Å². The van der Waals surface area contributed by atoms with E-state index < -0.39 is 35.0 Å². The van der Waals surface area contributed by atoms with E-state index in [1.807, 2.05) is 36.4 Å². The molecule has 9 rings (SSSR count). The molecule has 4 amide bonds. The van der Waals surface area contributed by atoms with Gasteiger partial charge in [-0.2, -0.15) is 0 Å². The van der Waals surface area contributed by atoms with Crippen LogP contribution in [0, 0.1) is 29.1 Å². The van der Waals surface area contributed by atoms with Crippen molar-refractivity contribution in [1.82, 2.24) is 4.98 Å². The van der Waals surface area contributed by atoms with E-state index in [0.29, 0.717) is 34.0 Å². The number of carbonyl (C=O) groups is 4. The van der Waals surface area contributed by atoms with E-state index in [1.165, 1.54) is 16.9 Å². The van der Waals surface area contributed by atoms with Crippen molar-refractivity contribution in [1.29, 1.82) is 0 Å². The Morgan fingerprint density at radius 2 is 1.53 bits per heavy atom. The number of nitrogens with zero attached hydrogens (tertiary/aromatic N) is 3. The summed E-state index contributed by atoms with van der Waals surface area (Å²) in [7, 11) is 1.45. The second-order valence-corrected chi connectivity index (χ2v) is 13.9. The van der Waals surface area contributed by atoms with Crippen LogP contribution in [0.15, 0.2) is 113 Å². The lowest BCUT2D eigenvalue weighted by molar-refractivity contribution is -0.131. The molecule has 1 N–H and O–H groups in total.